The molecule has 10 atom stereocenters. The summed E-state index contributed by atoms with van der Waals surface area (Å²) in [5.41, 5.74) is 2.87. The Morgan fingerprint density at radius 1 is 0.466 bits per heavy atom. The molecule has 0 N–H and O–H groups in total. The first-order chi connectivity index (χ1) is 28.0. The Labute approximate surface area is 338 Å². The van der Waals surface area contributed by atoms with Crippen molar-refractivity contribution in [2.24, 2.45) is 0 Å². The van der Waals surface area contributed by atoms with Gasteiger partial charge in [0.15, 0.2) is 30.9 Å². The van der Waals surface area contributed by atoms with E-state index in [1.54, 1.807) is 0 Å². The van der Waals surface area contributed by atoms with Gasteiger partial charge in [0.05, 0.1) is 39.1 Å². The summed E-state index contributed by atoms with van der Waals surface area (Å²) in [5, 5.41) is 0. The van der Waals surface area contributed by atoms with E-state index in [-0.39, 0.29) is 33.0 Å². The minimum Gasteiger partial charge on any atom is -0.463 e. The first-order valence-corrected chi connectivity index (χ1v) is 19.1. The molecule has 5 rings (SSSR count). The molecule has 3 aromatic rings. The van der Waals surface area contributed by atoms with Crippen molar-refractivity contribution in [1.29, 1.82) is 0 Å². The lowest BCUT2D eigenvalue weighted by molar-refractivity contribution is -0.329. The fraction of sp³-hybridized carbons (Fsp3) is 0.488. The van der Waals surface area contributed by atoms with E-state index >= 15 is 0 Å². The third-order valence-electron chi connectivity index (χ3n) is 9.18. The highest BCUT2D eigenvalue weighted by Gasteiger charge is 2.53. The van der Waals surface area contributed by atoms with E-state index in [2.05, 4.69) is 0 Å². The second-order valence-corrected chi connectivity index (χ2v) is 13.8. The Morgan fingerprint density at radius 3 is 1.34 bits per heavy atom. The van der Waals surface area contributed by atoms with Gasteiger partial charge in [-0.1, -0.05) is 91.0 Å². The Bertz CT molecular complexity index is 1730. The number of ether oxygens (including phenoxy) is 11. The normalized spacial score (nSPS) is 26.9. The van der Waals surface area contributed by atoms with E-state index in [9.17, 15) is 19.2 Å². The van der Waals surface area contributed by atoms with Crippen LogP contribution in [-0.2, 0) is 91.1 Å². The van der Waals surface area contributed by atoms with Gasteiger partial charge < -0.3 is 52.1 Å². The van der Waals surface area contributed by atoms with Crippen molar-refractivity contribution in [2.45, 2.75) is 116 Å². The number of esters is 4. The lowest BCUT2D eigenvalue weighted by atomic mass is 9.98. The van der Waals surface area contributed by atoms with Crippen LogP contribution in [0.5, 0.6) is 0 Å². The average molecular weight is 809 g/mol. The van der Waals surface area contributed by atoms with E-state index < -0.39 is 85.3 Å². The zero-order valence-corrected chi connectivity index (χ0v) is 33.3. The molecule has 15 heteroatoms. The highest BCUT2D eigenvalue weighted by molar-refractivity contribution is 5.68. The standard InChI is InChI=1S/C43H52O15/c1-27-36(51-23-32-15-9-6-10-16-32)38(52-24-33-17-11-7-12-18-33)40(53-25-34-19-13-8-14-20-34)42(54-27)48-21-22-49-43-41(57-31(5)47)39(56-30(4)46)37(55-29(3)45)35(58-43)26-50-28(2)44/h6-20,27,35-43H,21-26H2,1-5H3/t27-,35+,36+,37-,38+,39-,40-,41+,42?,43+/m0/s1. The molecule has 0 radical (unpaired) electrons. The number of rotatable bonds is 19. The van der Waals surface area contributed by atoms with Crippen LogP contribution in [0.3, 0.4) is 0 Å². The number of carbonyl (C=O) groups is 4. The van der Waals surface area contributed by atoms with Crippen molar-refractivity contribution in [2.75, 3.05) is 19.8 Å². The molecule has 15 nitrogen and oxygen atoms in total. The van der Waals surface area contributed by atoms with Crippen LogP contribution in [0.15, 0.2) is 91.0 Å². The molecule has 0 aliphatic carbocycles. The van der Waals surface area contributed by atoms with E-state index in [0.29, 0.717) is 6.61 Å². The molecule has 0 amide bonds. The molecule has 2 fully saturated rings. The Morgan fingerprint density at radius 2 is 0.879 bits per heavy atom. The van der Waals surface area contributed by atoms with Crippen LogP contribution in [0.25, 0.3) is 0 Å². The fourth-order valence-corrected chi connectivity index (χ4v) is 6.65. The van der Waals surface area contributed by atoms with Crippen molar-refractivity contribution < 1.29 is 71.3 Å². The second kappa shape index (κ2) is 22.4. The predicted octanol–water partition coefficient (Wildman–Crippen LogP) is 4.60. The molecule has 58 heavy (non-hydrogen) atoms. The van der Waals surface area contributed by atoms with Crippen LogP contribution in [-0.4, -0.2) is 105 Å². The van der Waals surface area contributed by atoms with Gasteiger partial charge in [0.1, 0.15) is 31.0 Å². The van der Waals surface area contributed by atoms with Gasteiger partial charge in [-0.2, -0.15) is 0 Å². The third-order valence-corrected chi connectivity index (χ3v) is 9.18. The third kappa shape index (κ3) is 13.4. The lowest BCUT2D eigenvalue weighted by Crippen LogP contribution is -2.63. The molecule has 2 saturated heterocycles. The van der Waals surface area contributed by atoms with Crippen molar-refractivity contribution >= 4 is 23.9 Å². The summed E-state index contributed by atoms with van der Waals surface area (Å²) in [6.45, 7) is 6.69. The van der Waals surface area contributed by atoms with Gasteiger partial charge in [-0.15, -0.1) is 0 Å². The zero-order chi connectivity index (χ0) is 41.4. The summed E-state index contributed by atoms with van der Waals surface area (Å²) >= 11 is 0. The van der Waals surface area contributed by atoms with Gasteiger partial charge >= 0.3 is 23.9 Å². The maximum atomic E-state index is 12.3. The number of hydrogen-bond acceptors (Lipinski definition) is 15. The zero-order valence-electron chi connectivity index (χ0n) is 33.3. The van der Waals surface area contributed by atoms with Gasteiger partial charge in [-0.25, -0.2) is 0 Å². The Balaban J connectivity index is 1.35. The predicted molar refractivity (Wildman–Crippen MR) is 203 cm³/mol. The highest BCUT2D eigenvalue weighted by Crippen LogP contribution is 2.32. The lowest BCUT2D eigenvalue weighted by Gasteiger charge is -2.45. The fourth-order valence-electron chi connectivity index (χ4n) is 6.65. The molecule has 2 aliphatic rings. The molecule has 0 saturated carbocycles. The monoisotopic (exact) mass is 808 g/mol. The second-order valence-electron chi connectivity index (χ2n) is 13.8. The summed E-state index contributed by atoms with van der Waals surface area (Å²) < 4.78 is 66.3. The maximum absolute atomic E-state index is 12.3. The molecule has 2 aliphatic heterocycles. The van der Waals surface area contributed by atoms with E-state index in [1.807, 2.05) is 97.9 Å². The highest BCUT2D eigenvalue weighted by atomic mass is 16.8. The van der Waals surface area contributed by atoms with Crippen LogP contribution in [0.1, 0.15) is 51.3 Å². The molecular weight excluding hydrogens is 756 g/mol. The Hall–Kier alpha value is -4.74. The minimum atomic E-state index is -1.38. The number of hydrogen-bond donors (Lipinski definition) is 0. The summed E-state index contributed by atoms with van der Waals surface area (Å²) in [6, 6.07) is 29.2. The molecule has 0 spiro atoms. The summed E-state index contributed by atoms with van der Waals surface area (Å²) in [5.74, 6) is -2.87. The number of carbonyl (C=O) groups excluding carboxylic acids is 4. The van der Waals surface area contributed by atoms with E-state index in [0.717, 1.165) is 37.5 Å². The first-order valence-electron chi connectivity index (χ1n) is 19.1. The van der Waals surface area contributed by atoms with Crippen LogP contribution < -0.4 is 0 Å². The van der Waals surface area contributed by atoms with Gasteiger partial charge in [-0.05, 0) is 23.6 Å². The summed E-state index contributed by atoms with van der Waals surface area (Å²) in [7, 11) is 0. The largest absolute Gasteiger partial charge is 0.463 e. The molecule has 0 bridgehead atoms. The van der Waals surface area contributed by atoms with Gasteiger partial charge in [0, 0.05) is 27.7 Å². The van der Waals surface area contributed by atoms with E-state index in [1.165, 1.54) is 6.92 Å². The quantitative estimate of drug-likeness (QED) is 0.0935. The number of benzene rings is 3. The van der Waals surface area contributed by atoms with Crippen LogP contribution in [0.4, 0.5) is 0 Å². The molecule has 1 unspecified atom stereocenters. The van der Waals surface area contributed by atoms with E-state index in [4.69, 9.17) is 52.1 Å². The molecule has 3 aromatic carbocycles. The van der Waals surface area contributed by atoms with Gasteiger partial charge in [0.25, 0.3) is 0 Å². The molecule has 314 valence electrons. The molecular formula is C43H52O15. The Kier molecular flexibility index (Phi) is 17.1. The maximum Gasteiger partial charge on any atom is 0.303 e. The van der Waals surface area contributed by atoms with Crippen LogP contribution in [0, 0.1) is 0 Å². The topological polar surface area (TPSA) is 170 Å². The summed E-state index contributed by atoms with van der Waals surface area (Å²) in [6.07, 6.45) is -10.1. The average Bonchev–Trinajstić information content (AvgIpc) is 3.19. The first kappa shape index (κ1) is 44.4. The summed E-state index contributed by atoms with van der Waals surface area (Å²) in [4.78, 5) is 48.4. The van der Waals surface area contributed by atoms with Crippen molar-refractivity contribution in [3.63, 3.8) is 0 Å². The van der Waals surface area contributed by atoms with Crippen molar-refractivity contribution in [3.8, 4) is 0 Å². The molecule has 2 heterocycles. The van der Waals surface area contributed by atoms with Gasteiger partial charge in [-0.3, -0.25) is 19.2 Å². The van der Waals surface area contributed by atoms with Crippen molar-refractivity contribution in [3.05, 3.63) is 108 Å². The van der Waals surface area contributed by atoms with Crippen molar-refractivity contribution in [1.82, 2.24) is 0 Å². The smallest absolute Gasteiger partial charge is 0.303 e. The SMILES string of the molecule is CC(=O)OC[C@H]1O[C@@H](OCCOC2O[C@@H](C)[C@@H](OCc3ccccc3)[C@@H](OCc3ccccc3)[C@@H]2OCc2ccccc2)[C@H](OC(C)=O)[C@@H](OC(C)=O)[C@H]1OC(C)=O. The van der Waals surface area contributed by atoms with Crippen LogP contribution >= 0.6 is 0 Å². The molecule has 0 aromatic heterocycles. The van der Waals surface area contributed by atoms with Gasteiger partial charge in [0.2, 0.25) is 0 Å². The minimum absolute atomic E-state index is 0.0869. The van der Waals surface area contributed by atoms with Crippen LogP contribution in [0.2, 0.25) is 0 Å².